The van der Waals surface area contributed by atoms with E-state index in [0.717, 1.165) is 11.3 Å². The molecule has 33 heavy (non-hydrogen) atoms. The van der Waals surface area contributed by atoms with E-state index in [2.05, 4.69) is 20.8 Å². The summed E-state index contributed by atoms with van der Waals surface area (Å²) in [5.41, 5.74) is 3.77. The Bertz CT molecular complexity index is 1420. The van der Waals surface area contributed by atoms with Crippen LogP contribution in [0.3, 0.4) is 0 Å². The Morgan fingerprint density at radius 1 is 1.09 bits per heavy atom. The Morgan fingerprint density at radius 2 is 1.76 bits per heavy atom. The summed E-state index contributed by atoms with van der Waals surface area (Å²) in [6, 6.07) is 15.3. The number of anilines is 1. The highest BCUT2D eigenvalue weighted by atomic mass is 35.5. The van der Waals surface area contributed by atoms with E-state index in [1.54, 1.807) is 12.1 Å². The summed E-state index contributed by atoms with van der Waals surface area (Å²) in [6.07, 6.45) is 0. The largest absolute Gasteiger partial charge is 0.331 e. The van der Waals surface area contributed by atoms with Crippen LogP contribution in [0.2, 0.25) is 5.02 Å². The van der Waals surface area contributed by atoms with E-state index in [1.165, 1.54) is 29.9 Å². The number of fused-ring (bicyclic) bond motifs is 1. The number of rotatable bonds is 4. The Balaban J connectivity index is 1.53. The second-order valence-electron chi connectivity index (χ2n) is 7.26. The minimum absolute atomic E-state index is 0.0157. The summed E-state index contributed by atoms with van der Waals surface area (Å²) < 4.78 is 0. The van der Waals surface area contributed by atoms with Gasteiger partial charge in [-0.25, -0.2) is 0 Å². The molecule has 9 nitrogen and oxygen atoms in total. The SMILES string of the molecule is Cc1ccc(-n2nc3cc(Cl)c(NC(=S)NC(=O)c4cccc([N+](=O)[O-])c4C)cc3n2)cc1. The number of nitrogens with zero attached hydrogens (tertiary/aromatic N) is 4. The lowest BCUT2D eigenvalue weighted by Gasteiger charge is -2.12. The van der Waals surface area contributed by atoms with Gasteiger partial charge in [-0.3, -0.25) is 20.2 Å². The van der Waals surface area contributed by atoms with Gasteiger partial charge in [-0.2, -0.15) is 4.80 Å². The van der Waals surface area contributed by atoms with Crippen LogP contribution in [0, 0.1) is 24.0 Å². The fraction of sp³-hybridized carbons (Fsp3) is 0.0909. The van der Waals surface area contributed by atoms with Crippen LogP contribution < -0.4 is 10.6 Å². The zero-order valence-corrected chi connectivity index (χ0v) is 19.1. The number of hydrogen-bond acceptors (Lipinski definition) is 6. The van der Waals surface area contributed by atoms with Crippen LogP contribution in [0.15, 0.2) is 54.6 Å². The third-order valence-electron chi connectivity index (χ3n) is 4.96. The number of hydrogen-bond donors (Lipinski definition) is 2. The number of carbonyl (C=O) groups excluding carboxylic acids is 1. The second-order valence-corrected chi connectivity index (χ2v) is 8.08. The van der Waals surface area contributed by atoms with Crippen LogP contribution in [0.1, 0.15) is 21.5 Å². The van der Waals surface area contributed by atoms with E-state index in [-0.39, 0.29) is 21.9 Å². The first-order chi connectivity index (χ1) is 15.7. The highest BCUT2D eigenvalue weighted by molar-refractivity contribution is 7.80. The molecular formula is C22H17ClN6O3S. The van der Waals surface area contributed by atoms with Crippen molar-refractivity contribution in [3.8, 4) is 5.69 Å². The van der Waals surface area contributed by atoms with Gasteiger partial charge in [-0.15, -0.1) is 10.2 Å². The van der Waals surface area contributed by atoms with Gasteiger partial charge in [-0.1, -0.05) is 35.4 Å². The summed E-state index contributed by atoms with van der Waals surface area (Å²) in [5.74, 6) is -0.573. The molecule has 1 amide bonds. The summed E-state index contributed by atoms with van der Waals surface area (Å²) in [4.78, 5) is 24.7. The summed E-state index contributed by atoms with van der Waals surface area (Å²) in [7, 11) is 0. The van der Waals surface area contributed by atoms with Crippen molar-refractivity contribution < 1.29 is 9.72 Å². The van der Waals surface area contributed by atoms with Gasteiger partial charge in [0.05, 0.1) is 21.3 Å². The fourth-order valence-electron chi connectivity index (χ4n) is 3.22. The number of halogens is 1. The third-order valence-corrected chi connectivity index (χ3v) is 5.47. The number of amides is 1. The number of thiocarbonyl (C=S) groups is 1. The van der Waals surface area contributed by atoms with Crippen LogP contribution in [-0.4, -0.2) is 30.9 Å². The van der Waals surface area contributed by atoms with Crippen molar-refractivity contribution in [1.82, 2.24) is 20.3 Å². The first kappa shape index (κ1) is 22.3. The molecule has 0 aliphatic rings. The maximum atomic E-state index is 12.6. The molecule has 0 spiro atoms. The summed E-state index contributed by atoms with van der Waals surface area (Å²) in [6.45, 7) is 3.50. The van der Waals surface area contributed by atoms with Gasteiger partial charge in [0.2, 0.25) is 0 Å². The van der Waals surface area contributed by atoms with Crippen LogP contribution >= 0.6 is 23.8 Å². The van der Waals surface area contributed by atoms with Gasteiger partial charge < -0.3 is 5.32 Å². The highest BCUT2D eigenvalue weighted by Crippen LogP contribution is 2.27. The standard InChI is InChI=1S/C22H17ClN6O3S/c1-12-6-8-14(9-7-12)28-26-18-10-16(23)17(11-19(18)27-28)24-22(33)25-21(30)15-4-3-5-20(13(15)2)29(31)32/h3-11H,1-2H3,(H2,24,25,30,33). The van der Waals surface area contributed by atoms with E-state index in [9.17, 15) is 14.9 Å². The lowest BCUT2D eigenvalue weighted by molar-refractivity contribution is -0.385. The van der Waals surface area contributed by atoms with Crippen molar-refractivity contribution in [3.05, 3.63) is 86.4 Å². The van der Waals surface area contributed by atoms with Crippen LogP contribution in [0.25, 0.3) is 16.7 Å². The monoisotopic (exact) mass is 480 g/mol. The molecule has 0 aliphatic heterocycles. The Morgan fingerprint density at radius 3 is 2.42 bits per heavy atom. The highest BCUT2D eigenvalue weighted by Gasteiger charge is 2.19. The number of nitro groups is 1. The van der Waals surface area contributed by atoms with Gasteiger partial charge in [0.25, 0.3) is 11.6 Å². The molecule has 0 atom stereocenters. The zero-order chi connectivity index (χ0) is 23.7. The van der Waals surface area contributed by atoms with Crippen molar-refractivity contribution in [2.24, 2.45) is 0 Å². The molecule has 11 heteroatoms. The molecular weight excluding hydrogens is 464 g/mol. The van der Waals surface area contributed by atoms with Gasteiger partial charge in [0.1, 0.15) is 11.0 Å². The van der Waals surface area contributed by atoms with Crippen molar-refractivity contribution in [1.29, 1.82) is 0 Å². The number of nitrogens with one attached hydrogen (secondary N) is 2. The normalized spacial score (nSPS) is 10.8. The first-order valence-electron chi connectivity index (χ1n) is 9.73. The van der Waals surface area contributed by atoms with Gasteiger partial charge in [0, 0.05) is 17.2 Å². The minimum Gasteiger partial charge on any atom is -0.331 e. The molecule has 0 bridgehead atoms. The molecule has 2 N–H and O–H groups in total. The zero-order valence-electron chi connectivity index (χ0n) is 17.5. The molecule has 166 valence electrons. The fourth-order valence-corrected chi connectivity index (χ4v) is 3.63. The molecule has 1 aromatic heterocycles. The summed E-state index contributed by atoms with van der Waals surface area (Å²) >= 11 is 11.6. The van der Waals surface area contributed by atoms with E-state index in [4.69, 9.17) is 23.8 Å². The number of aromatic nitrogens is 3. The molecule has 1 heterocycles. The van der Waals surface area contributed by atoms with Crippen LogP contribution in [0.4, 0.5) is 11.4 Å². The molecule has 0 saturated carbocycles. The predicted octanol–water partition coefficient (Wildman–Crippen LogP) is 4.73. The molecule has 3 aromatic carbocycles. The molecule has 0 radical (unpaired) electrons. The molecule has 4 rings (SSSR count). The van der Waals surface area contributed by atoms with Crippen molar-refractivity contribution in [3.63, 3.8) is 0 Å². The Labute approximate surface area is 198 Å². The average Bonchev–Trinajstić information content (AvgIpc) is 3.16. The number of benzene rings is 3. The molecule has 0 aliphatic carbocycles. The van der Waals surface area contributed by atoms with E-state index >= 15 is 0 Å². The third kappa shape index (κ3) is 4.66. The van der Waals surface area contributed by atoms with E-state index in [1.807, 2.05) is 31.2 Å². The van der Waals surface area contributed by atoms with Gasteiger partial charge in [-0.05, 0) is 56.4 Å². The maximum Gasteiger partial charge on any atom is 0.273 e. The predicted molar refractivity (Wildman–Crippen MR) is 130 cm³/mol. The molecule has 0 saturated heterocycles. The van der Waals surface area contributed by atoms with E-state index in [0.29, 0.717) is 21.7 Å². The molecule has 4 aromatic rings. The lowest BCUT2D eigenvalue weighted by Crippen LogP contribution is -2.34. The van der Waals surface area contributed by atoms with Crippen LogP contribution in [-0.2, 0) is 0 Å². The second kappa shape index (κ2) is 8.93. The maximum absolute atomic E-state index is 12.6. The summed E-state index contributed by atoms with van der Waals surface area (Å²) in [5, 5.41) is 25.8. The topological polar surface area (TPSA) is 115 Å². The first-order valence-corrected chi connectivity index (χ1v) is 10.5. The number of carbonyl (C=O) groups is 1. The molecule has 0 fully saturated rings. The van der Waals surface area contributed by atoms with Crippen molar-refractivity contribution in [2.45, 2.75) is 13.8 Å². The van der Waals surface area contributed by atoms with Gasteiger partial charge >= 0.3 is 0 Å². The Kier molecular flexibility index (Phi) is 6.03. The number of aryl methyl sites for hydroxylation is 1. The van der Waals surface area contributed by atoms with Crippen molar-refractivity contribution in [2.75, 3.05) is 5.32 Å². The lowest BCUT2D eigenvalue weighted by atomic mass is 10.1. The smallest absolute Gasteiger partial charge is 0.273 e. The van der Waals surface area contributed by atoms with Crippen molar-refractivity contribution >= 4 is 57.2 Å². The van der Waals surface area contributed by atoms with Crippen LogP contribution in [0.5, 0.6) is 0 Å². The Hall–Kier alpha value is -3.89. The average molecular weight is 481 g/mol. The van der Waals surface area contributed by atoms with E-state index < -0.39 is 10.8 Å². The number of nitro benzene ring substituents is 1. The minimum atomic E-state index is -0.573. The quantitative estimate of drug-likeness (QED) is 0.246. The molecule has 0 unspecified atom stereocenters. The van der Waals surface area contributed by atoms with Gasteiger partial charge in [0.15, 0.2) is 5.11 Å².